The molecule has 0 spiro atoms. The van der Waals surface area contributed by atoms with Crippen molar-refractivity contribution in [3.8, 4) is 0 Å². The number of hydrogen-bond donors (Lipinski definition) is 2. The summed E-state index contributed by atoms with van der Waals surface area (Å²) in [5, 5.41) is 21.6. The van der Waals surface area contributed by atoms with Crippen LogP contribution in [0.15, 0.2) is 36.0 Å². The van der Waals surface area contributed by atoms with Crippen molar-refractivity contribution < 1.29 is 28.0 Å². The Hall–Kier alpha value is -2.62. The van der Waals surface area contributed by atoms with Gasteiger partial charge in [0.25, 0.3) is 17.3 Å². The molecule has 0 unspecified atom stereocenters. The van der Waals surface area contributed by atoms with Crippen LogP contribution in [0.1, 0.15) is 36.0 Å². The number of halogens is 3. The van der Waals surface area contributed by atoms with Gasteiger partial charge in [-0.25, -0.2) is 5.01 Å². The van der Waals surface area contributed by atoms with Crippen LogP contribution in [0.4, 0.5) is 18.9 Å². The minimum atomic E-state index is -5.11. The van der Waals surface area contributed by atoms with Gasteiger partial charge in [0, 0.05) is 23.4 Å². The highest BCUT2D eigenvalue weighted by molar-refractivity contribution is 5.95. The molecule has 1 heterocycles. The molecule has 10 heteroatoms. The van der Waals surface area contributed by atoms with Crippen LogP contribution in [0.2, 0.25) is 0 Å². The summed E-state index contributed by atoms with van der Waals surface area (Å²) < 4.78 is 41.3. The number of benzene rings is 1. The van der Waals surface area contributed by atoms with E-state index in [2.05, 4.69) is 5.43 Å². The Bertz CT molecular complexity index is 780. The second kappa shape index (κ2) is 6.27. The SMILES string of the molecule is O=C(c1cccc([N+](=O)[O-])c1)N1NC2=CCCCC[C@H]2[C@]1(O)C(F)(F)F. The average molecular weight is 371 g/mol. The zero-order chi connectivity index (χ0) is 19.1. The van der Waals surface area contributed by atoms with Crippen molar-refractivity contribution in [1.29, 1.82) is 0 Å². The molecule has 2 atom stereocenters. The molecule has 1 fully saturated rings. The Labute approximate surface area is 146 Å². The third kappa shape index (κ3) is 2.79. The van der Waals surface area contributed by atoms with Gasteiger partial charge in [0.05, 0.1) is 10.8 Å². The number of hydrogen-bond acceptors (Lipinski definition) is 5. The fourth-order valence-corrected chi connectivity index (χ4v) is 3.37. The van der Waals surface area contributed by atoms with Crippen molar-refractivity contribution in [3.63, 3.8) is 0 Å². The van der Waals surface area contributed by atoms with E-state index in [0.29, 0.717) is 19.3 Å². The van der Waals surface area contributed by atoms with Gasteiger partial charge in [-0.1, -0.05) is 18.6 Å². The van der Waals surface area contributed by atoms with Crippen LogP contribution in [0.3, 0.4) is 0 Å². The lowest BCUT2D eigenvalue weighted by Crippen LogP contribution is -2.62. The summed E-state index contributed by atoms with van der Waals surface area (Å²) in [5.74, 6) is -2.52. The molecule has 140 valence electrons. The van der Waals surface area contributed by atoms with Crippen LogP contribution >= 0.6 is 0 Å². The quantitative estimate of drug-likeness (QED) is 0.616. The molecule has 1 aliphatic heterocycles. The Balaban J connectivity index is 2.04. The molecule has 0 radical (unpaired) electrons. The lowest BCUT2D eigenvalue weighted by Gasteiger charge is -2.36. The van der Waals surface area contributed by atoms with Gasteiger partial charge >= 0.3 is 6.18 Å². The van der Waals surface area contributed by atoms with Gasteiger partial charge in [-0.15, -0.1) is 0 Å². The molecule has 1 aliphatic carbocycles. The first kappa shape index (κ1) is 18.2. The molecule has 3 rings (SSSR count). The molecular weight excluding hydrogens is 355 g/mol. The van der Waals surface area contributed by atoms with Crippen molar-refractivity contribution in [3.05, 3.63) is 51.7 Å². The molecule has 1 amide bonds. The van der Waals surface area contributed by atoms with Crippen LogP contribution in [0, 0.1) is 16.0 Å². The number of nitro benzene ring substituents is 1. The lowest BCUT2D eigenvalue weighted by molar-refractivity contribution is -0.384. The van der Waals surface area contributed by atoms with Gasteiger partial charge in [0.1, 0.15) is 0 Å². The summed E-state index contributed by atoms with van der Waals surface area (Å²) in [6.07, 6.45) is -1.80. The zero-order valence-corrected chi connectivity index (χ0v) is 13.5. The molecule has 0 bridgehead atoms. The molecule has 0 saturated carbocycles. The fraction of sp³-hybridized carbons (Fsp3) is 0.438. The Kier molecular flexibility index (Phi) is 4.39. The van der Waals surface area contributed by atoms with Gasteiger partial charge in [0.2, 0.25) is 0 Å². The predicted molar refractivity (Wildman–Crippen MR) is 83.4 cm³/mol. The molecule has 26 heavy (non-hydrogen) atoms. The number of carbonyl (C=O) groups excluding carboxylic acids is 1. The molecule has 1 aromatic carbocycles. The maximum Gasteiger partial charge on any atom is 0.439 e. The van der Waals surface area contributed by atoms with Crippen molar-refractivity contribution >= 4 is 11.6 Å². The highest BCUT2D eigenvalue weighted by atomic mass is 19.4. The summed E-state index contributed by atoms with van der Waals surface area (Å²) in [6, 6.07) is 4.36. The van der Waals surface area contributed by atoms with Gasteiger partial charge < -0.3 is 5.11 Å². The Morgan fingerprint density at radius 3 is 2.77 bits per heavy atom. The Morgan fingerprint density at radius 1 is 1.38 bits per heavy atom. The van der Waals surface area contributed by atoms with E-state index in [4.69, 9.17) is 0 Å². The highest BCUT2D eigenvalue weighted by Gasteiger charge is 2.68. The van der Waals surface area contributed by atoms with E-state index in [-0.39, 0.29) is 22.7 Å². The van der Waals surface area contributed by atoms with Crippen LogP contribution < -0.4 is 5.43 Å². The van der Waals surface area contributed by atoms with Gasteiger partial charge in [-0.3, -0.25) is 20.3 Å². The van der Waals surface area contributed by atoms with Crippen LogP contribution in [0.25, 0.3) is 0 Å². The summed E-state index contributed by atoms with van der Waals surface area (Å²) in [6.45, 7) is 0. The summed E-state index contributed by atoms with van der Waals surface area (Å²) >= 11 is 0. The third-order valence-corrected chi connectivity index (χ3v) is 4.68. The molecule has 1 aromatic rings. The number of rotatable bonds is 2. The number of nitro groups is 1. The van der Waals surface area contributed by atoms with E-state index in [1.54, 1.807) is 6.08 Å². The van der Waals surface area contributed by atoms with E-state index < -0.39 is 34.3 Å². The number of carbonyl (C=O) groups is 1. The number of nitrogens with one attached hydrogen (secondary N) is 1. The number of aliphatic hydroxyl groups is 1. The van der Waals surface area contributed by atoms with Crippen LogP contribution in [-0.4, -0.2) is 32.8 Å². The van der Waals surface area contributed by atoms with E-state index in [9.17, 15) is 33.2 Å². The van der Waals surface area contributed by atoms with Crippen LogP contribution in [-0.2, 0) is 0 Å². The van der Waals surface area contributed by atoms with Gasteiger partial charge in [-0.05, 0) is 25.3 Å². The maximum atomic E-state index is 13.8. The van der Waals surface area contributed by atoms with Crippen molar-refractivity contribution in [2.24, 2.45) is 5.92 Å². The fourth-order valence-electron chi connectivity index (χ4n) is 3.37. The number of non-ortho nitro benzene ring substituents is 1. The zero-order valence-electron chi connectivity index (χ0n) is 13.5. The number of allylic oxidation sites excluding steroid dienone is 1. The minimum absolute atomic E-state index is 0.0631. The molecular formula is C16H16F3N3O4. The molecule has 7 nitrogen and oxygen atoms in total. The maximum absolute atomic E-state index is 13.8. The van der Waals surface area contributed by atoms with Gasteiger partial charge in [-0.2, -0.15) is 13.2 Å². The number of nitrogens with zero attached hydrogens (tertiary/aromatic N) is 2. The lowest BCUT2D eigenvalue weighted by atomic mass is 9.89. The predicted octanol–water partition coefficient (Wildman–Crippen LogP) is 2.88. The topological polar surface area (TPSA) is 95.7 Å². The first-order valence-corrected chi connectivity index (χ1v) is 8.01. The van der Waals surface area contributed by atoms with Crippen molar-refractivity contribution in [2.45, 2.75) is 37.6 Å². The Morgan fingerprint density at radius 2 is 2.12 bits per heavy atom. The monoisotopic (exact) mass is 371 g/mol. The second-order valence-corrected chi connectivity index (χ2v) is 6.28. The summed E-state index contributed by atoms with van der Waals surface area (Å²) in [5.41, 5.74) is -1.66. The first-order valence-electron chi connectivity index (χ1n) is 8.01. The standard InChI is InChI=1S/C16H16F3N3O4/c17-16(18,19)15(24)12-7-2-1-3-8-13(12)20-21(15)14(23)10-5-4-6-11(9-10)22(25)26/h4-6,8-9,12,20,24H,1-3,7H2/t12-,15+/m1/s1. The summed E-state index contributed by atoms with van der Waals surface area (Å²) in [4.78, 5) is 22.8. The van der Waals surface area contributed by atoms with Crippen molar-refractivity contribution in [2.75, 3.05) is 0 Å². The molecule has 1 saturated heterocycles. The second-order valence-electron chi connectivity index (χ2n) is 6.28. The normalized spacial score (nSPS) is 25.8. The first-order chi connectivity index (χ1) is 12.2. The van der Waals surface area contributed by atoms with Crippen LogP contribution in [0.5, 0.6) is 0 Å². The number of fused-ring (bicyclic) bond motifs is 1. The van der Waals surface area contributed by atoms with E-state index in [1.165, 1.54) is 6.07 Å². The van der Waals surface area contributed by atoms with E-state index >= 15 is 0 Å². The molecule has 2 aliphatic rings. The highest BCUT2D eigenvalue weighted by Crippen LogP contribution is 2.48. The average Bonchev–Trinajstić information content (AvgIpc) is 2.74. The van der Waals surface area contributed by atoms with E-state index in [0.717, 1.165) is 18.2 Å². The van der Waals surface area contributed by atoms with E-state index in [1.807, 2.05) is 0 Å². The smallest absolute Gasteiger partial charge is 0.362 e. The third-order valence-electron chi connectivity index (χ3n) is 4.68. The van der Waals surface area contributed by atoms with Gasteiger partial charge in [0.15, 0.2) is 0 Å². The number of hydrazine groups is 1. The number of amides is 1. The number of alkyl halides is 3. The largest absolute Gasteiger partial charge is 0.439 e. The molecule has 2 N–H and O–H groups in total. The minimum Gasteiger partial charge on any atom is -0.362 e. The van der Waals surface area contributed by atoms with Crippen molar-refractivity contribution in [1.82, 2.24) is 10.4 Å². The molecule has 0 aromatic heterocycles. The summed E-state index contributed by atoms with van der Waals surface area (Å²) in [7, 11) is 0.